The smallest absolute Gasteiger partial charge is 0.317 e. The van der Waals surface area contributed by atoms with Crippen LogP contribution < -0.4 is 21.1 Å². The highest BCUT2D eigenvalue weighted by molar-refractivity contribution is 5.95. The summed E-state index contributed by atoms with van der Waals surface area (Å²) in [5.41, 5.74) is 8.51. The number of hydrogen-bond acceptors (Lipinski definition) is 4. The van der Waals surface area contributed by atoms with E-state index in [1.54, 1.807) is 0 Å². The number of halogens is 2. The van der Waals surface area contributed by atoms with Crippen LogP contribution in [0.25, 0.3) is 0 Å². The number of urea groups is 1. The lowest BCUT2D eigenvalue weighted by Crippen LogP contribution is -2.53. The van der Waals surface area contributed by atoms with Crippen molar-refractivity contribution in [1.82, 2.24) is 21.1 Å². The van der Waals surface area contributed by atoms with E-state index in [4.69, 9.17) is 0 Å². The molecule has 0 saturated carbocycles. The van der Waals surface area contributed by atoms with Gasteiger partial charge in [0.2, 0.25) is 0 Å². The van der Waals surface area contributed by atoms with E-state index in [0.717, 1.165) is 50.8 Å². The van der Waals surface area contributed by atoms with Crippen molar-refractivity contribution >= 4 is 11.7 Å². The molecule has 0 atom stereocenters. The lowest BCUT2D eigenvalue weighted by molar-refractivity contribution is 0.119. The maximum absolute atomic E-state index is 13.8. The third-order valence-corrected chi connectivity index (χ3v) is 6.78. The number of hydrogen-bond donors (Lipinski definition) is 3. The first kappa shape index (κ1) is 20.4. The number of nitrogens with zero attached hydrogens (tertiary/aromatic N) is 2. The van der Waals surface area contributed by atoms with Crippen LogP contribution in [0.15, 0.2) is 42.5 Å². The van der Waals surface area contributed by atoms with Crippen molar-refractivity contribution < 1.29 is 13.6 Å². The number of benzene rings is 2. The van der Waals surface area contributed by atoms with Gasteiger partial charge in [0.1, 0.15) is 11.6 Å². The van der Waals surface area contributed by atoms with Crippen molar-refractivity contribution in [3.8, 4) is 0 Å². The predicted octanol–water partition coefficient (Wildman–Crippen LogP) is 2.72. The van der Waals surface area contributed by atoms with Gasteiger partial charge < -0.3 is 10.2 Å². The van der Waals surface area contributed by atoms with E-state index in [0.29, 0.717) is 18.0 Å². The zero-order valence-electron chi connectivity index (χ0n) is 17.3. The fourth-order valence-electron chi connectivity index (χ4n) is 5.06. The Morgan fingerprint density at radius 3 is 2.26 bits per heavy atom. The van der Waals surface area contributed by atoms with Crippen LogP contribution in [-0.4, -0.2) is 49.2 Å². The van der Waals surface area contributed by atoms with Crippen molar-refractivity contribution in [3.63, 3.8) is 0 Å². The molecule has 5 rings (SSSR count). The van der Waals surface area contributed by atoms with E-state index >= 15 is 0 Å². The molecule has 3 aliphatic heterocycles. The molecule has 6 nitrogen and oxygen atoms in total. The molecule has 2 aromatic carbocycles. The van der Waals surface area contributed by atoms with Gasteiger partial charge in [-0.3, -0.25) is 15.8 Å². The normalized spacial score (nSPS) is 21.4. The molecular formula is C23H27F2N5O. The molecule has 0 bridgehead atoms. The van der Waals surface area contributed by atoms with Gasteiger partial charge in [0, 0.05) is 37.3 Å². The average molecular weight is 427 g/mol. The summed E-state index contributed by atoms with van der Waals surface area (Å²) >= 11 is 0. The summed E-state index contributed by atoms with van der Waals surface area (Å²) in [5.74, 6) is -0.827. The molecule has 3 heterocycles. The summed E-state index contributed by atoms with van der Waals surface area (Å²) in [4.78, 5) is 17.2. The van der Waals surface area contributed by atoms with Crippen molar-refractivity contribution in [1.29, 1.82) is 0 Å². The van der Waals surface area contributed by atoms with Gasteiger partial charge in [0.15, 0.2) is 0 Å². The number of amides is 2. The van der Waals surface area contributed by atoms with Gasteiger partial charge in [-0.15, -0.1) is 0 Å². The summed E-state index contributed by atoms with van der Waals surface area (Å²) in [5, 5.41) is 3.36. The van der Waals surface area contributed by atoms with E-state index in [1.165, 1.54) is 17.7 Å². The number of hydrazine groups is 1. The molecule has 3 saturated heterocycles. The topological polar surface area (TPSA) is 59.6 Å². The maximum atomic E-state index is 13.8. The first-order valence-electron chi connectivity index (χ1n) is 10.8. The summed E-state index contributed by atoms with van der Waals surface area (Å²) in [6.07, 6.45) is 1.62. The Balaban J connectivity index is 1.42. The van der Waals surface area contributed by atoms with Crippen molar-refractivity contribution in [2.24, 2.45) is 0 Å². The Morgan fingerprint density at radius 2 is 1.61 bits per heavy atom. The Bertz CT molecular complexity index is 935. The Kier molecular flexibility index (Phi) is 5.37. The highest BCUT2D eigenvalue weighted by Gasteiger charge is 2.50. The van der Waals surface area contributed by atoms with Gasteiger partial charge in [0.25, 0.3) is 0 Å². The lowest BCUT2D eigenvalue weighted by atomic mass is 9.87. The molecule has 0 radical (unpaired) electrons. The molecule has 2 amide bonds. The summed E-state index contributed by atoms with van der Waals surface area (Å²) in [7, 11) is 0. The average Bonchev–Trinajstić information content (AvgIpc) is 3.38. The summed E-state index contributed by atoms with van der Waals surface area (Å²) in [6.45, 7) is 4.18. The largest absolute Gasteiger partial charge is 0.325 e. The van der Waals surface area contributed by atoms with Crippen LogP contribution in [0.5, 0.6) is 0 Å². The van der Waals surface area contributed by atoms with Gasteiger partial charge in [-0.1, -0.05) is 12.1 Å². The highest BCUT2D eigenvalue weighted by Crippen LogP contribution is 2.38. The minimum atomic E-state index is -0.621. The quantitative estimate of drug-likeness (QED) is 0.702. The number of nitrogens with one attached hydrogen (secondary N) is 3. The van der Waals surface area contributed by atoms with Crippen LogP contribution in [0, 0.1) is 11.6 Å². The number of carbonyl (C=O) groups excluding carboxylic acids is 1. The second kappa shape index (κ2) is 8.18. The Hall–Kier alpha value is -2.55. The molecule has 3 aliphatic rings. The zero-order chi connectivity index (χ0) is 21.4. The molecule has 0 unspecified atom stereocenters. The van der Waals surface area contributed by atoms with E-state index in [9.17, 15) is 13.6 Å². The molecule has 1 spiro atoms. The Morgan fingerprint density at radius 1 is 0.968 bits per heavy atom. The fourth-order valence-corrected chi connectivity index (χ4v) is 5.06. The van der Waals surface area contributed by atoms with Crippen molar-refractivity contribution in [3.05, 3.63) is 65.2 Å². The SMILES string of the molecule is O=C1N(c2ccc(C3CNNC3)cc2)CC2(CCNCC2)N1Cc1cc(F)cc(F)c1. The molecule has 31 heavy (non-hydrogen) atoms. The van der Waals surface area contributed by atoms with E-state index < -0.39 is 11.6 Å². The number of piperidine rings is 1. The second-order valence-electron chi connectivity index (χ2n) is 8.76. The molecule has 164 valence electrons. The van der Waals surface area contributed by atoms with Crippen LogP contribution in [0.2, 0.25) is 0 Å². The maximum Gasteiger partial charge on any atom is 0.325 e. The van der Waals surface area contributed by atoms with E-state index in [1.807, 2.05) is 21.9 Å². The third-order valence-electron chi connectivity index (χ3n) is 6.78. The summed E-state index contributed by atoms with van der Waals surface area (Å²) in [6, 6.07) is 11.6. The monoisotopic (exact) mass is 427 g/mol. The zero-order valence-corrected chi connectivity index (χ0v) is 17.3. The van der Waals surface area contributed by atoms with E-state index in [-0.39, 0.29) is 18.1 Å². The van der Waals surface area contributed by atoms with Crippen LogP contribution in [0.1, 0.15) is 29.9 Å². The summed E-state index contributed by atoms with van der Waals surface area (Å²) < 4.78 is 27.5. The third kappa shape index (κ3) is 3.91. The van der Waals surface area contributed by atoms with E-state index in [2.05, 4.69) is 28.3 Å². The van der Waals surface area contributed by atoms with Crippen LogP contribution in [0.4, 0.5) is 19.3 Å². The first-order valence-corrected chi connectivity index (χ1v) is 10.8. The standard InChI is InChI=1S/C23H27F2N5O/c24-19-9-16(10-20(25)11-19)14-30-22(31)29(15-23(30)5-7-26-8-6-23)21-3-1-17(2-4-21)18-12-27-28-13-18/h1-4,9-11,18,26-28H,5-8,12-15H2. The molecule has 2 aromatic rings. The van der Waals surface area contributed by atoms with Gasteiger partial charge in [-0.05, 0) is 61.3 Å². The number of carbonyl (C=O) groups is 1. The van der Waals surface area contributed by atoms with Gasteiger partial charge in [-0.25, -0.2) is 13.6 Å². The molecule has 0 aliphatic carbocycles. The van der Waals surface area contributed by atoms with Crippen LogP contribution >= 0.6 is 0 Å². The number of rotatable bonds is 4. The van der Waals surface area contributed by atoms with Crippen molar-refractivity contribution in [2.45, 2.75) is 30.8 Å². The van der Waals surface area contributed by atoms with Crippen LogP contribution in [-0.2, 0) is 6.54 Å². The Labute approximate surface area is 180 Å². The lowest BCUT2D eigenvalue weighted by Gasteiger charge is -2.40. The van der Waals surface area contributed by atoms with Gasteiger partial charge in [0.05, 0.1) is 12.1 Å². The molecule has 3 N–H and O–H groups in total. The second-order valence-corrected chi connectivity index (χ2v) is 8.76. The van der Waals surface area contributed by atoms with Gasteiger partial charge in [-0.2, -0.15) is 0 Å². The van der Waals surface area contributed by atoms with Crippen molar-refractivity contribution in [2.75, 3.05) is 37.6 Å². The number of anilines is 1. The fraction of sp³-hybridized carbons (Fsp3) is 0.435. The predicted molar refractivity (Wildman–Crippen MR) is 115 cm³/mol. The van der Waals surface area contributed by atoms with Crippen LogP contribution in [0.3, 0.4) is 0 Å². The molecular weight excluding hydrogens is 400 g/mol. The van der Waals surface area contributed by atoms with Gasteiger partial charge >= 0.3 is 6.03 Å². The molecule has 3 fully saturated rings. The minimum Gasteiger partial charge on any atom is -0.317 e. The first-order chi connectivity index (χ1) is 15.0. The molecule has 8 heteroatoms. The highest BCUT2D eigenvalue weighted by atomic mass is 19.1. The minimum absolute atomic E-state index is 0.108. The molecule has 0 aromatic heterocycles.